The van der Waals surface area contributed by atoms with Crippen LogP contribution in [-0.2, 0) is 12.0 Å². The first-order valence-electron chi connectivity index (χ1n) is 7.20. The van der Waals surface area contributed by atoms with Gasteiger partial charge in [-0.15, -0.1) is 0 Å². The molecule has 4 heteroatoms. The van der Waals surface area contributed by atoms with Crippen molar-refractivity contribution >= 4 is 23.2 Å². The Morgan fingerprint density at radius 3 is 2.32 bits per heavy atom. The molecule has 0 bridgehead atoms. The highest BCUT2D eigenvalue weighted by Crippen LogP contribution is 2.23. The molecule has 3 N–H and O–H groups in total. The third-order valence-corrected chi connectivity index (χ3v) is 3.79. The molecule has 2 aromatic rings. The minimum Gasteiger partial charge on any atom is -0.380 e. The molecular weight excluding hydrogens is 296 g/mol. The monoisotopic (exact) mass is 316 g/mol. The summed E-state index contributed by atoms with van der Waals surface area (Å²) in [6.07, 6.45) is 0. The topological polar surface area (TPSA) is 55.1 Å². The predicted molar refractivity (Wildman–Crippen MR) is 92.4 cm³/mol. The molecule has 0 atom stereocenters. The quantitative estimate of drug-likeness (QED) is 0.881. The zero-order valence-electron chi connectivity index (χ0n) is 13.1. The SMILES string of the molecule is CC(C)(C)c1ccc(CNc2ccc(Cl)cc2C(N)=O)cc1. The van der Waals surface area contributed by atoms with Crippen LogP contribution < -0.4 is 11.1 Å². The molecule has 0 aliphatic carbocycles. The maximum absolute atomic E-state index is 11.5. The van der Waals surface area contributed by atoms with Crippen molar-refractivity contribution in [1.82, 2.24) is 0 Å². The number of amides is 1. The van der Waals surface area contributed by atoms with E-state index in [0.717, 1.165) is 5.56 Å². The molecule has 0 unspecified atom stereocenters. The zero-order valence-corrected chi connectivity index (χ0v) is 13.9. The van der Waals surface area contributed by atoms with Crippen LogP contribution in [0.25, 0.3) is 0 Å². The third-order valence-electron chi connectivity index (χ3n) is 3.55. The molecule has 2 aromatic carbocycles. The van der Waals surface area contributed by atoms with Crippen LogP contribution in [0.2, 0.25) is 5.02 Å². The van der Waals surface area contributed by atoms with Crippen LogP contribution in [-0.4, -0.2) is 5.91 Å². The Labute approximate surface area is 136 Å². The number of carbonyl (C=O) groups is 1. The van der Waals surface area contributed by atoms with Gasteiger partial charge >= 0.3 is 0 Å². The molecule has 3 nitrogen and oxygen atoms in total. The summed E-state index contributed by atoms with van der Waals surface area (Å²) in [7, 11) is 0. The first-order valence-corrected chi connectivity index (χ1v) is 7.58. The maximum atomic E-state index is 11.5. The lowest BCUT2D eigenvalue weighted by Crippen LogP contribution is -2.14. The Morgan fingerprint density at radius 2 is 1.77 bits per heavy atom. The van der Waals surface area contributed by atoms with E-state index < -0.39 is 5.91 Å². The Bertz CT molecular complexity index is 672. The van der Waals surface area contributed by atoms with Crippen molar-refractivity contribution in [3.05, 3.63) is 64.2 Å². The van der Waals surface area contributed by atoms with E-state index in [4.69, 9.17) is 17.3 Å². The molecule has 0 heterocycles. The van der Waals surface area contributed by atoms with Crippen LogP contribution in [0.15, 0.2) is 42.5 Å². The van der Waals surface area contributed by atoms with Gasteiger partial charge in [-0.1, -0.05) is 56.6 Å². The number of rotatable bonds is 4. The number of halogens is 1. The largest absolute Gasteiger partial charge is 0.380 e. The second-order valence-electron chi connectivity index (χ2n) is 6.35. The number of hydrogen-bond donors (Lipinski definition) is 2. The fourth-order valence-electron chi connectivity index (χ4n) is 2.19. The maximum Gasteiger partial charge on any atom is 0.250 e. The van der Waals surface area contributed by atoms with Gasteiger partial charge in [0.2, 0.25) is 0 Å². The number of nitrogens with one attached hydrogen (secondary N) is 1. The standard InChI is InChI=1S/C18H21ClN2O/c1-18(2,3)13-6-4-12(5-7-13)11-21-16-9-8-14(19)10-15(16)17(20)22/h4-10,21H,11H2,1-3H3,(H2,20,22). The first kappa shape index (κ1) is 16.4. The number of hydrogen-bond acceptors (Lipinski definition) is 2. The van der Waals surface area contributed by atoms with Gasteiger partial charge in [0.15, 0.2) is 0 Å². The van der Waals surface area contributed by atoms with Crippen molar-refractivity contribution in [2.75, 3.05) is 5.32 Å². The smallest absolute Gasteiger partial charge is 0.250 e. The van der Waals surface area contributed by atoms with Gasteiger partial charge in [0, 0.05) is 17.3 Å². The van der Waals surface area contributed by atoms with Crippen LogP contribution in [0.3, 0.4) is 0 Å². The van der Waals surface area contributed by atoms with Crippen molar-refractivity contribution in [1.29, 1.82) is 0 Å². The number of benzene rings is 2. The third kappa shape index (κ3) is 4.01. The Morgan fingerprint density at radius 1 is 1.14 bits per heavy atom. The second kappa shape index (κ2) is 6.41. The average Bonchev–Trinajstić information content (AvgIpc) is 2.45. The van der Waals surface area contributed by atoms with E-state index in [1.165, 1.54) is 5.56 Å². The Balaban J connectivity index is 2.12. The summed E-state index contributed by atoms with van der Waals surface area (Å²) < 4.78 is 0. The molecule has 0 spiro atoms. The van der Waals surface area contributed by atoms with Crippen LogP contribution in [0.1, 0.15) is 42.3 Å². The average molecular weight is 317 g/mol. The summed E-state index contributed by atoms with van der Waals surface area (Å²) in [6, 6.07) is 13.5. The van der Waals surface area contributed by atoms with Crippen LogP contribution in [0.5, 0.6) is 0 Å². The van der Waals surface area contributed by atoms with Gasteiger partial charge in [-0.2, -0.15) is 0 Å². The summed E-state index contributed by atoms with van der Waals surface area (Å²) in [5, 5.41) is 3.73. The first-order chi connectivity index (χ1) is 10.3. The van der Waals surface area contributed by atoms with E-state index in [9.17, 15) is 4.79 Å². The van der Waals surface area contributed by atoms with Crippen molar-refractivity contribution in [3.8, 4) is 0 Å². The van der Waals surface area contributed by atoms with Gasteiger partial charge in [0.1, 0.15) is 0 Å². The number of nitrogens with two attached hydrogens (primary N) is 1. The molecule has 0 aromatic heterocycles. The summed E-state index contributed by atoms with van der Waals surface area (Å²) in [4.78, 5) is 11.5. The minimum atomic E-state index is -0.493. The van der Waals surface area contributed by atoms with E-state index in [0.29, 0.717) is 22.8 Å². The van der Waals surface area contributed by atoms with Gasteiger partial charge < -0.3 is 11.1 Å². The van der Waals surface area contributed by atoms with Crippen molar-refractivity contribution in [3.63, 3.8) is 0 Å². The van der Waals surface area contributed by atoms with E-state index in [1.807, 2.05) is 0 Å². The Kier molecular flexibility index (Phi) is 4.77. The van der Waals surface area contributed by atoms with Gasteiger partial charge in [-0.3, -0.25) is 4.79 Å². The predicted octanol–water partition coefficient (Wildman–Crippen LogP) is 4.35. The lowest BCUT2D eigenvalue weighted by molar-refractivity contribution is 0.100. The lowest BCUT2D eigenvalue weighted by Gasteiger charge is -2.19. The molecule has 2 rings (SSSR count). The molecule has 0 radical (unpaired) electrons. The van der Waals surface area contributed by atoms with E-state index in [1.54, 1.807) is 18.2 Å². The second-order valence-corrected chi connectivity index (χ2v) is 6.79. The number of carbonyl (C=O) groups excluding carboxylic acids is 1. The number of primary amides is 1. The fraction of sp³-hybridized carbons (Fsp3) is 0.278. The van der Waals surface area contributed by atoms with E-state index in [2.05, 4.69) is 50.4 Å². The summed E-state index contributed by atoms with van der Waals surface area (Å²) in [6.45, 7) is 7.18. The highest BCUT2D eigenvalue weighted by molar-refractivity contribution is 6.31. The van der Waals surface area contributed by atoms with Crippen molar-refractivity contribution < 1.29 is 4.79 Å². The minimum absolute atomic E-state index is 0.140. The van der Waals surface area contributed by atoms with Gasteiger partial charge in [-0.05, 0) is 34.7 Å². The summed E-state index contributed by atoms with van der Waals surface area (Å²) in [5.74, 6) is -0.493. The van der Waals surface area contributed by atoms with E-state index >= 15 is 0 Å². The molecule has 0 fully saturated rings. The summed E-state index contributed by atoms with van der Waals surface area (Å²) in [5.41, 5.74) is 9.05. The Hall–Kier alpha value is -2.00. The van der Waals surface area contributed by atoms with Crippen LogP contribution >= 0.6 is 11.6 Å². The number of anilines is 1. The molecule has 0 aliphatic rings. The molecule has 1 amide bonds. The molecule has 0 aliphatic heterocycles. The van der Waals surface area contributed by atoms with Gasteiger partial charge in [0.25, 0.3) is 5.91 Å². The van der Waals surface area contributed by atoms with E-state index in [-0.39, 0.29) is 5.41 Å². The molecule has 0 saturated heterocycles. The van der Waals surface area contributed by atoms with Crippen LogP contribution in [0.4, 0.5) is 5.69 Å². The molecule has 0 saturated carbocycles. The molecule has 116 valence electrons. The highest BCUT2D eigenvalue weighted by Gasteiger charge is 2.13. The van der Waals surface area contributed by atoms with Crippen molar-refractivity contribution in [2.24, 2.45) is 5.73 Å². The van der Waals surface area contributed by atoms with Crippen LogP contribution in [0, 0.1) is 0 Å². The summed E-state index contributed by atoms with van der Waals surface area (Å²) >= 11 is 5.90. The zero-order chi connectivity index (χ0) is 16.3. The highest BCUT2D eigenvalue weighted by atomic mass is 35.5. The molecule has 22 heavy (non-hydrogen) atoms. The lowest BCUT2D eigenvalue weighted by atomic mass is 9.87. The molecular formula is C18H21ClN2O. The van der Waals surface area contributed by atoms with Gasteiger partial charge in [0.05, 0.1) is 5.56 Å². The normalized spacial score (nSPS) is 11.3. The van der Waals surface area contributed by atoms with Gasteiger partial charge in [-0.25, -0.2) is 0 Å². The van der Waals surface area contributed by atoms with Crippen molar-refractivity contribution in [2.45, 2.75) is 32.7 Å². The fourth-order valence-corrected chi connectivity index (χ4v) is 2.37.